The summed E-state index contributed by atoms with van der Waals surface area (Å²) in [5, 5.41) is 3.32. The minimum atomic E-state index is -4.32. The lowest BCUT2D eigenvalue weighted by molar-refractivity contribution is 0.489. The molecule has 5 rings (SSSR count). The number of benzene rings is 2. The van der Waals surface area contributed by atoms with Gasteiger partial charge < -0.3 is 9.73 Å². The zero-order valence-corrected chi connectivity index (χ0v) is 20.1. The van der Waals surface area contributed by atoms with E-state index in [2.05, 4.69) is 31.2 Å². The van der Waals surface area contributed by atoms with Crippen molar-refractivity contribution >= 4 is 37.8 Å². The van der Waals surface area contributed by atoms with Crippen molar-refractivity contribution in [3.05, 3.63) is 70.2 Å². The van der Waals surface area contributed by atoms with Gasteiger partial charge in [-0.3, -0.25) is 9.29 Å². The Labute approximate surface area is 204 Å². The van der Waals surface area contributed by atoms with Crippen molar-refractivity contribution in [3.63, 3.8) is 0 Å². The van der Waals surface area contributed by atoms with Crippen LogP contribution in [0.2, 0.25) is 0 Å². The van der Waals surface area contributed by atoms with Gasteiger partial charge in [-0.1, -0.05) is 30.0 Å². The van der Waals surface area contributed by atoms with E-state index in [1.165, 1.54) is 10.9 Å². The maximum atomic E-state index is 15.0. The Balaban J connectivity index is 1.54. The van der Waals surface area contributed by atoms with Crippen molar-refractivity contribution in [1.82, 2.24) is 19.2 Å². The molecule has 0 aliphatic carbocycles. The van der Waals surface area contributed by atoms with Crippen molar-refractivity contribution < 1.29 is 17.2 Å². The minimum absolute atomic E-state index is 0.0114. The van der Waals surface area contributed by atoms with Gasteiger partial charge in [0, 0.05) is 29.2 Å². The lowest BCUT2D eigenvalue weighted by Gasteiger charge is -2.15. The van der Waals surface area contributed by atoms with Gasteiger partial charge >= 0.3 is 5.76 Å². The summed E-state index contributed by atoms with van der Waals surface area (Å²) in [7, 11) is -4.32. The zero-order chi connectivity index (χ0) is 24.6. The molecule has 0 saturated carbocycles. The number of nitrogens with one attached hydrogen (secondary N) is 2. The molecule has 9 nitrogen and oxygen atoms in total. The van der Waals surface area contributed by atoms with Crippen LogP contribution in [0.4, 0.5) is 9.52 Å². The molecule has 0 bridgehead atoms. The van der Waals surface area contributed by atoms with Crippen LogP contribution in [0.3, 0.4) is 0 Å². The number of anilines is 1. The Bertz CT molecular complexity index is 1610. The molecule has 2 N–H and O–H groups in total. The standard InChI is InChI=1S/C23H20FN5O4S2/c1-14(17-7-3-2-5-15(17)8-9-16-6-4-10-25-16)29-19-11-18(24)21(12-20(19)33-23(29)30)35(31,32)28-22-26-13-27-34-22/h2-3,5,7,11-14,16,25H,4,6,10H2,1H3,(H,26,27,28)/t14-,16+/m1/s1. The molecule has 0 amide bonds. The molecule has 1 aliphatic rings. The van der Waals surface area contributed by atoms with E-state index in [4.69, 9.17) is 4.42 Å². The van der Waals surface area contributed by atoms with Crippen LogP contribution in [-0.4, -0.2) is 34.9 Å². The molecule has 35 heavy (non-hydrogen) atoms. The topological polar surface area (TPSA) is 119 Å². The molecule has 2 aromatic heterocycles. The van der Waals surface area contributed by atoms with Crippen LogP contribution in [0.1, 0.15) is 36.9 Å². The average Bonchev–Trinajstić information content (AvgIpc) is 3.58. The van der Waals surface area contributed by atoms with Crippen molar-refractivity contribution in [2.75, 3.05) is 11.3 Å². The second-order valence-corrected chi connectivity index (χ2v) is 10.5. The fourth-order valence-corrected chi connectivity index (χ4v) is 5.82. The molecule has 1 saturated heterocycles. The first-order chi connectivity index (χ1) is 16.8. The first kappa shape index (κ1) is 23.2. The summed E-state index contributed by atoms with van der Waals surface area (Å²) in [6.45, 7) is 2.72. The quantitative estimate of drug-likeness (QED) is 0.394. The smallest absolute Gasteiger partial charge is 0.408 e. The molecule has 3 heterocycles. The second kappa shape index (κ2) is 9.26. The lowest BCUT2D eigenvalue weighted by Crippen LogP contribution is -2.20. The van der Waals surface area contributed by atoms with E-state index in [-0.39, 0.29) is 22.3 Å². The Kier molecular flexibility index (Phi) is 6.14. The first-order valence-corrected chi connectivity index (χ1v) is 13.1. The Morgan fingerprint density at radius 2 is 2.17 bits per heavy atom. The monoisotopic (exact) mass is 513 g/mol. The Morgan fingerprint density at radius 1 is 1.34 bits per heavy atom. The molecule has 0 unspecified atom stereocenters. The number of nitrogens with zero attached hydrogens (tertiary/aromatic N) is 3. The summed E-state index contributed by atoms with van der Waals surface area (Å²) < 4.78 is 52.9. The number of aromatic nitrogens is 3. The fourth-order valence-electron chi connectivity index (χ4n) is 4.08. The van der Waals surface area contributed by atoms with Crippen LogP contribution in [0.5, 0.6) is 0 Å². The molecule has 1 aliphatic heterocycles. The van der Waals surface area contributed by atoms with Gasteiger partial charge in [-0.2, -0.15) is 4.37 Å². The van der Waals surface area contributed by atoms with E-state index in [9.17, 15) is 13.2 Å². The number of hydrogen-bond donors (Lipinski definition) is 2. The maximum absolute atomic E-state index is 15.0. The van der Waals surface area contributed by atoms with Crippen LogP contribution in [0.25, 0.3) is 11.1 Å². The summed E-state index contributed by atoms with van der Waals surface area (Å²) in [4.78, 5) is 15.9. The number of fused-ring (bicyclic) bond motifs is 1. The predicted octanol–water partition coefficient (Wildman–Crippen LogP) is 3.10. The number of sulfonamides is 1. The van der Waals surface area contributed by atoms with Gasteiger partial charge in [0.15, 0.2) is 5.58 Å². The first-order valence-electron chi connectivity index (χ1n) is 10.8. The summed E-state index contributed by atoms with van der Waals surface area (Å²) in [6, 6.07) is 8.97. The zero-order valence-electron chi connectivity index (χ0n) is 18.5. The third-order valence-electron chi connectivity index (χ3n) is 5.78. The molecule has 4 aromatic rings. The van der Waals surface area contributed by atoms with E-state index in [1.807, 2.05) is 24.3 Å². The maximum Gasteiger partial charge on any atom is 0.420 e. The minimum Gasteiger partial charge on any atom is -0.408 e. The molecular formula is C23H20FN5O4S2. The summed E-state index contributed by atoms with van der Waals surface area (Å²) >= 11 is 0.809. The van der Waals surface area contributed by atoms with Gasteiger partial charge in [-0.15, -0.1) is 0 Å². The Hall–Kier alpha value is -3.53. The molecule has 12 heteroatoms. The average molecular weight is 514 g/mol. The van der Waals surface area contributed by atoms with Crippen molar-refractivity contribution in [2.45, 2.75) is 36.7 Å². The van der Waals surface area contributed by atoms with Crippen LogP contribution in [-0.2, 0) is 10.0 Å². The van der Waals surface area contributed by atoms with E-state index >= 15 is 4.39 Å². The highest BCUT2D eigenvalue weighted by Crippen LogP contribution is 2.29. The third-order valence-corrected chi connectivity index (χ3v) is 7.84. The summed E-state index contributed by atoms with van der Waals surface area (Å²) in [5.74, 6) is 4.66. The van der Waals surface area contributed by atoms with Crippen molar-refractivity contribution in [3.8, 4) is 11.8 Å². The number of hydrogen-bond acceptors (Lipinski definition) is 8. The van der Waals surface area contributed by atoms with E-state index < -0.39 is 32.5 Å². The van der Waals surface area contributed by atoms with Crippen LogP contribution >= 0.6 is 11.5 Å². The molecule has 0 spiro atoms. The van der Waals surface area contributed by atoms with Gasteiger partial charge in [-0.05, 0) is 37.9 Å². The lowest BCUT2D eigenvalue weighted by atomic mass is 10.0. The molecule has 1 fully saturated rings. The highest BCUT2D eigenvalue weighted by Gasteiger charge is 2.26. The van der Waals surface area contributed by atoms with E-state index in [0.717, 1.165) is 54.2 Å². The number of rotatable bonds is 5. The van der Waals surface area contributed by atoms with Crippen LogP contribution in [0.15, 0.2) is 56.8 Å². The SMILES string of the molecule is C[C@H](c1ccccc1C#C[C@@H]1CCCN1)n1c(=O)oc2cc(S(=O)(=O)Nc3ncns3)c(F)cc21. The van der Waals surface area contributed by atoms with Gasteiger partial charge in [0.05, 0.1) is 17.6 Å². The van der Waals surface area contributed by atoms with E-state index in [1.54, 1.807) is 6.92 Å². The Morgan fingerprint density at radius 3 is 2.91 bits per heavy atom. The molecule has 0 radical (unpaired) electrons. The molecule has 180 valence electrons. The second-order valence-electron chi connectivity index (χ2n) is 8.02. The van der Waals surface area contributed by atoms with Gasteiger partial charge in [-0.25, -0.2) is 22.6 Å². The van der Waals surface area contributed by atoms with Crippen LogP contribution < -0.4 is 15.8 Å². The van der Waals surface area contributed by atoms with Gasteiger partial charge in [0.1, 0.15) is 17.0 Å². The van der Waals surface area contributed by atoms with Crippen molar-refractivity contribution in [1.29, 1.82) is 0 Å². The molecular weight excluding hydrogens is 493 g/mol. The van der Waals surface area contributed by atoms with E-state index in [0.29, 0.717) is 0 Å². The predicted molar refractivity (Wildman–Crippen MR) is 129 cm³/mol. The van der Waals surface area contributed by atoms with Gasteiger partial charge in [0.25, 0.3) is 10.0 Å². The molecule has 2 atom stereocenters. The number of halogens is 1. The van der Waals surface area contributed by atoms with Gasteiger partial charge in [0.2, 0.25) is 5.13 Å². The largest absolute Gasteiger partial charge is 0.420 e. The molecule has 2 aromatic carbocycles. The van der Waals surface area contributed by atoms with Crippen molar-refractivity contribution in [2.24, 2.45) is 0 Å². The van der Waals surface area contributed by atoms with Crippen LogP contribution in [0, 0.1) is 17.7 Å². The highest BCUT2D eigenvalue weighted by atomic mass is 32.2. The fraction of sp³-hybridized carbons (Fsp3) is 0.261. The third kappa shape index (κ3) is 4.58. The summed E-state index contributed by atoms with van der Waals surface area (Å²) in [5.41, 5.74) is 1.59. The normalized spacial score (nSPS) is 16.7. The summed E-state index contributed by atoms with van der Waals surface area (Å²) in [6.07, 6.45) is 3.23. The highest BCUT2D eigenvalue weighted by molar-refractivity contribution is 7.93. The number of oxazole rings is 1.